The minimum absolute atomic E-state index is 0.655. The monoisotopic (exact) mass is 107 g/mol. The van der Waals surface area contributed by atoms with Gasteiger partial charge in [0.15, 0.2) is 0 Å². The smallest absolute Gasteiger partial charge is 0.144 e. The summed E-state index contributed by atoms with van der Waals surface area (Å²) in [6.07, 6.45) is 5.95. The van der Waals surface area contributed by atoms with Crippen molar-refractivity contribution in [3.05, 3.63) is 23.8 Å². The molecule has 8 heavy (non-hydrogen) atoms. The van der Waals surface area contributed by atoms with Gasteiger partial charge in [0.25, 0.3) is 0 Å². The first-order valence-electron chi connectivity index (χ1n) is 2.54. The zero-order valence-corrected chi connectivity index (χ0v) is 4.29. The van der Waals surface area contributed by atoms with Crippen LogP contribution in [0.1, 0.15) is 0 Å². The average molecular weight is 107 g/mol. The van der Waals surface area contributed by atoms with Crippen molar-refractivity contribution in [2.45, 2.75) is 0 Å². The molecule has 2 rings (SSSR count). The zero-order valence-electron chi connectivity index (χ0n) is 4.29. The third-order valence-corrected chi connectivity index (χ3v) is 1.26. The topological polar surface area (TPSA) is 21.6 Å². The van der Waals surface area contributed by atoms with E-state index < -0.39 is 0 Å². The molecule has 0 spiro atoms. The van der Waals surface area contributed by atoms with Crippen LogP contribution >= 0.6 is 0 Å². The average Bonchev–Trinajstić information content (AvgIpc) is 2.15. The lowest BCUT2D eigenvalue weighted by atomic mass is 10.2. The van der Waals surface area contributed by atoms with Gasteiger partial charge in [0.1, 0.15) is 12.3 Å². The van der Waals surface area contributed by atoms with E-state index in [1.165, 1.54) is 5.57 Å². The molecule has 0 aromatic heterocycles. The molecule has 0 aromatic rings. The van der Waals surface area contributed by atoms with E-state index in [0.29, 0.717) is 6.61 Å². The van der Waals surface area contributed by atoms with Gasteiger partial charge < -0.3 is 4.84 Å². The molecular weight excluding hydrogens is 102 g/mol. The summed E-state index contributed by atoms with van der Waals surface area (Å²) in [5.41, 5.74) is 2.19. The quantitative estimate of drug-likeness (QED) is 0.450. The fourth-order valence-electron chi connectivity index (χ4n) is 0.830. The van der Waals surface area contributed by atoms with Gasteiger partial charge in [-0.25, -0.2) is 0 Å². The summed E-state index contributed by atoms with van der Waals surface area (Å²) in [4.78, 5) is 4.78. The lowest BCUT2D eigenvalue weighted by Crippen LogP contribution is -1.89. The number of rotatable bonds is 0. The molecule has 40 valence electrons. The molecule has 0 radical (unpaired) electrons. The van der Waals surface area contributed by atoms with E-state index in [4.69, 9.17) is 4.84 Å². The number of nitrogens with zero attached hydrogens (tertiary/aromatic N) is 1. The lowest BCUT2D eigenvalue weighted by Gasteiger charge is -1.82. The fourth-order valence-corrected chi connectivity index (χ4v) is 0.830. The van der Waals surface area contributed by atoms with Crippen molar-refractivity contribution in [3.63, 3.8) is 0 Å². The van der Waals surface area contributed by atoms with Crippen molar-refractivity contribution in [3.8, 4) is 0 Å². The normalized spacial score (nSPS) is 22.0. The van der Waals surface area contributed by atoms with Crippen molar-refractivity contribution >= 4 is 5.71 Å². The first-order valence-corrected chi connectivity index (χ1v) is 2.54. The number of fused-ring (bicyclic) bond motifs is 1. The molecule has 1 aliphatic carbocycles. The summed E-state index contributed by atoms with van der Waals surface area (Å²) in [7, 11) is 0. The van der Waals surface area contributed by atoms with Crippen LogP contribution in [0, 0.1) is 0 Å². The highest BCUT2D eigenvalue weighted by Crippen LogP contribution is 2.14. The van der Waals surface area contributed by atoms with Gasteiger partial charge in [-0.1, -0.05) is 17.3 Å². The number of allylic oxidation sites excluding steroid dienone is 3. The van der Waals surface area contributed by atoms with Gasteiger partial charge in [-0.2, -0.15) is 0 Å². The van der Waals surface area contributed by atoms with Crippen molar-refractivity contribution in [1.82, 2.24) is 0 Å². The minimum Gasteiger partial charge on any atom is -0.390 e. The number of hydrogen-bond donors (Lipinski definition) is 0. The summed E-state index contributed by atoms with van der Waals surface area (Å²) >= 11 is 0. The van der Waals surface area contributed by atoms with E-state index in [1.54, 1.807) is 0 Å². The molecular formula is C6H5NO. The van der Waals surface area contributed by atoms with Crippen LogP contribution in [0.5, 0.6) is 0 Å². The SMILES string of the molecule is C1=CC2=NOCC2=C1. The maximum Gasteiger partial charge on any atom is 0.144 e. The molecule has 0 fully saturated rings. The second kappa shape index (κ2) is 1.22. The zero-order chi connectivity index (χ0) is 5.40. The standard InChI is InChI=1S/C6H5NO/c1-2-5-4-8-7-6(5)3-1/h1-3H,4H2. The predicted molar refractivity (Wildman–Crippen MR) is 30.6 cm³/mol. The largest absolute Gasteiger partial charge is 0.390 e. The van der Waals surface area contributed by atoms with Crippen molar-refractivity contribution in [2.24, 2.45) is 5.16 Å². The predicted octanol–water partition coefficient (Wildman–Crippen LogP) is 0.869. The Bertz CT molecular complexity index is 201. The van der Waals surface area contributed by atoms with Crippen LogP contribution in [0.25, 0.3) is 0 Å². The summed E-state index contributed by atoms with van der Waals surface area (Å²) in [5, 5.41) is 3.76. The first-order chi connectivity index (χ1) is 3.97. The van der Waals surface area contributed by atoms with E-state index in [9.17, 15) is 0 Å². The fraction of sp³-hybridized carbons (Fsp3) is 0.167. The van der Waals surface area contributed by atoms with Crippen LogP contribution in [0.15, 0.2) is 29.0 Å². The van der Waals surface area contributed by atoms with Gasteiger partial charge in [-0.15, -0.1) is 0 Å². The van der Waals surface area contributed by atoms with E-state index >= 15 is 0 Å². The highest BCUT2D eigenvalue weighted by Gasteiger charge is 2.14. The maximum atomic E-state index is 4.78. The molecule has 0 atom stereocenters. The Labute approximate surface area is 47.1 Å². The van der Waals surface area contributed by atoms with Crippen LogP contribution in [-0.4, -0.2) is 12.3 Å². The molecule has 0 saturated carbocycles. The second-order valence-electron chi connectivity index (χ2n) is 1.80. The van der Waals surface area contributed by atoms with Crippen LogP contribution in [-0.2, 0) is 4.84 Å². The van der Waals surface area contributed by atoms with E-state index in [2.05, 4.69) is 5.16 Å². The molecule has 0 N–H and O–H groups in total. The number of oxime groups is 1. The third kappa shape index (κ3) is 0.346. The Morgan fingerprint density at radius 2 is 2.62 bits per heavy atom. The second-order valence-corrected chi connectivity index (χ2v) is 1.80. The van der Waals surface area contributed by atoms with E-state index in [-0.39, 0.29) is 0 Å². The van der Waals surface area contributed by atoms with Gasteiger partial charge in [0.05, 0.1) is 0 Å². The third-order valence-electron chi connectivity index (χ3n) is 1.26. The number of hydrogen-bond acceptors (Lipinski definition) is 2. The molecule has 0 saturated heterocycles. The molecule has 0 bridgehead atoms. The highest BCUT2D eigenvalue weighted by molar-refractivity contribution is 6.11. The Morgan fingerprint density at radius 1 is 1.62 bits per heavy atom. The summed E-state index contributed by atoms with van der Waals surface area (Å²) < 4.78 is 0. The summed E-state index contributed by atoms with van der Waals surface area (Å²) in [6.45, 7) is 0.655. The van der Waals surface area contributed by atoms with Crippen LogP contribution in [0.4, 0.5) is 0 Å². The first kappa shape index (κ1) is 3.89. The molecule has 2 aliphatic rings. The maximum absolute atomic E-state index is 4.78. The lowest BCUT2D eigenvalue weighted by molar-refractivity contribution is 0.187. The molecule has 0 unspecified atom stereocenters. The Balaban J connectivity index is 2.49. The van der Waals surface area contributed by atoms with Crippen molar-refractivity contribution in [2.75, 3.05) is 6.61 Å². The Kier molecular flexibility index (Phi) is 0.592. The Hall–Kier alpha value is -1.05. The van der Waals surface area contributed by atoms with Gasteiger partial charge in [0.2, 0.25) is 0 Å². The van der Waals surface area contributed by atoms with E-state index in [1.807, 2.05) is 18.2 Å². The molecule has 2 heteroatoms. The van der Waals surface area contributed by atoms with Crippen molar-refractivity contribution < 1.29 is 4.84 Å². The summed E-state index contributed by atoms with van der Waals surface area (Å²) in [5.74, 6) is 0. The minimum atomic E-state index is 0.655. The van der Waals surface area contributed by atoms with Crippen LogP contribution in [0.2, 0.25) is 0 Å². The van der Waals surface area contributed by atoms with Gasteiger partial charge >= 0.3 is 0 Å². The van der Waals surface area contributed by atoms with Crippen LogP contribution in [0.3, 0.4) is 0 Å². The highest BCUT2D eigenvalue weighted by atomic mass is 16.6. The molecule has 0 aromatic carbocycles. The van der Waals surface area contributed by atoms with Gasteiger partial charge in [-0.3, -0.25) is 0 Å². The van der Waals surface area contributed by atoms with Gasteiger partial charge in [0, 0.05) is 5.57 Å². The molecule has 0 amide bonds. The Morgan fingerprint density at radius 3 is 3.50 bits per heavy atom. The molecule has 2 nitrogen and oxygen atoms in total. The molecule has 1 heterocycles. The van der Waals surface area contributed by atoms with Gasteiger partial charge in [-0.05, 0) is 6.08 Å². The van der Waals surface area contributed by atoms with Crippen molar-refractivity contribution in [1.29, 1.82) is 0 Å². The van der Waals surface area contributed by atoms with Crippen LogP contribution < -0.4 is 0 Å². The summed E-state index contributed by atoms with van der Waals surface area (Å²) in [6, 6.07) is 0. The van der Waals surface area contributed by atoms with E-state index in [0.717, 1.165) is 5.71 Å². The molecule has 1 aliphatic heterocycles.